The first-order chi connectivity index (χ1) is 18.0. The zero-order valence-electron chi connectivity index (χ0n) is 20.2. The van der Waals surface area contributed by atoms with Crippen molar-refractivity contribution in [3.05, 3.63) is 82.3 Å². The number of allylic oxidation sites excluding steroid dienone is 1. The number of rotatable bonds is 4. The van der Waals surface area contributed by atoms with Gasteiger partial charge < -0.3 is 20.1 Å². The molecule has 1 unspecified atom stereocenters. The molecule has 0 aromatic heterocycles. The normalized spacial score (nSPS) is 17.2. The number of hydrogen-bond acceptors (Lipinski definition) is 8. The third-order valence-electron chi connectivity index (χ3n) is 6.31. The summed E-state index contributed by atoms with van der Waals surface area (Å²) in [6, 6.07) is 14.5. The van der Waals surface area contributed by atoms with E-state index in [1.807, 2.05) is 6.07 Å². The lowest BCUT2D eigenvalue weighted by Gasteiger charge is -2.36. The monoisotopic (exact) mass is 526 g/mol. The Morgan fingerprint density at radius 2 is 1.71 bits per heavy atom. The third-order valence-corrected chi connectivity index (χ3v) is 6.31. The Bertz CT molecular complexity index is 1430. The maximum atomic E-state index is 13.1. The number of carbonyl (C=O) groups excluding carboxylic acids is 3. The average Bonchev–Trinajstić information content (AvgIpc) is 3.33. The smallest absolute Gasteiger partial charge is 0.466 e. The second-order valence-electron chi connectivity index (χ2n) is 8.35. The number of nitriles is 1. The van der Waals surface area contributed by atoms with Crippen LogP contribution in [-0.2, 0) is 30.3 Å². The lowest BCUT2D eigenvalue weighted by atomic mass is 9.81. The summed E-state index contributed by atoms with van der Waals surface area (Å²) in [5.41, 5.74) is 6.95. The number of amides is 1. The van der Waals surface area contributed by atoms with Gasteiger partial charge in [0, 0.05) is 17.9 Å². The van der Waals surface area contributed by atoms with E-state index >= 15 is 0 Å². The first-order valence-corrected chi connectivity index (χ1v) is 11.2. The molecule has 0 saturated heterocycles. The van der Waals surface area contributed by atoms with Crippen molar-refractivity contribution in [1.29, 1.82) is 5.26 Å². The molecule has 9 nitrogen and oxygen atoms in total. The molecule has 2 aromatic rings. The number of benzene rings is 2. The first kappa shape index (κ1) is 26.3. The summed E-state index contributed by atoms with van der Waals surface area (Å²) >= 11 is 0. The summed E-state index contributed by atoms with van der Waals surface area (Å²) in [5, 5.41) is 10.1. The van der Waals surface area contributed by atoms with Crippen LogP contribution in [0.25, 0.3) is 0 Å². The van der Waals surface area contributed by atoms with Gasteiger partial charge in [-0.25, -0.2) is 9.59 Å². The lowest BCUT2D eigenvalue weighted by Crippen LogP contribution is -2.41. The summed E-state index contributed by atoms with van der Waals surface area (Å²) < 4.78 is 49.1. The van der Waals surface area contributed by atoms with Gasteiger partial charge in [-0.05, 0) is 35.7 Å². The fraction of sp³-hybridized carbons (Fsp3) is 0.231. The Morgan fingerprint density at radius 1 is 1.05 bits per heavy atom. The summed E-state index contributed by atoms with van der Waals surface area (Å²) in [6.45, 7) is -0.199. The molecule has 0 spiro atoms. The maximum absolute atomic E-state index is 13.1. The minimum absolute atomic E-state index is 0.0510. The molecular formula is C26H21F3N4O5. The van der Waals surface area contributed by atoms with E-state index in [0.29, 0.717) is 16.0 Å². The Labute approximate surface area is 215 Å². The van der Waals surface area contributed by atoms with Crippen LogP contribution in [0.3, 0.4) is 0 Å². The highest BCUT2D eigenvalue weighted by molar-refractivity contribution is 6.06. The van der Waals surface area contributed by atoms with Gasteiger partial charge in [0.15, 0.2) is 0 Å². The highest BCUT2D eigenvalue weighted by atomic mass is 19.4. The van der Waals surface area contributed by atoms with E-state index in [-0.39, 0.29) is 47.0 Å². The van der Waals surface area contributed by atoms with Crippen LogP contribution >= 0.6 is 0 Å². The van der Waals surface area contributed by atoms with Crippen LogP contribution in [0.15, 0.2) is 71.2 Å². The van der Waals surface area contributed by atoms with E-state index in [1.165, 1.54) is 18.2 Å². The molecule has 2 aromatic carbocycles. The standard InChI is InChI=1S/C26H21F3N4O5/c1-37-23(34)20-19(14-6-4-3-5-7-14)17(13-30)22(31)33(21(20)24(35)38-2)16-8-9-18-15(12-16)10-11-32(18)25(36)26(27,28)29/h3-9,12,19H,10-11,31H2,1-2H3. The van der Waals surface area contributed by atoms with Gasteiger partial charge in [0.25, 0.3) is 0 Å². The molecule has 12 heteroatoms. The van der Waals surface area contributed by atoms with E-state index in [0.717, 1.165) is 19.1 Å². The molecule has 4 rings (SSSR count). The fourth-order valence-electron chi connectivity index (χ4n) is 4.67. The number of esters is 2. The zero-order valence-corrected chi connectivity index (χ0v) is 20.2. The Hall–Kier alpha value is -4.79. The number of halogens is 3. The molecule has 38 heavy (non-hydrogen) atoms. The number of ether oxygens (including phenoxy) is 2. The van der Waals surface area contributed by atoms with Crippen molar-refractivity contribution < 1.29 is 37.0 Å². The fourth-order valence-corrected chi connectivity index (χ4v) is 4.67. The number of anilines is 2. The van der Waals surface area contributed by atoms with Crippen molar-refractivity contribution in [3.63, 3.8) is 0 Å². The number of fused-ring (bicyclic) bond motifs is 1. The first-order valence-electron chi connectivity index (χ1n) is 11.2. The van der Waals surface area contributed by atoms with Gasteiger partial charge in [-0.2, -0.15) is 18.4 Å². The molecule has 0 aliphatic carbocycles. The number of nitrogens with zero attached hydrogens (tertiary/aromatic N) is 3. The molecule has 2 aliphatic heterocycles. The minimum atomic E-state index is -5.05. The molecule has 2 aliphatic rings. The van der Waals surface area contributed by atoms with Crippen molar-refractivity contribution in [2.75, 3.05) is 30.6 Å². The van der Waals surface area contributed by atoms with E-state index in [2.05, 4.69) is 0 Å². The second kappa shape index (κ2) is 9.93. The minimum Gasteiger partial charge on any atom is -0.466 e. The topological polar surface area (TPSA) is 126 Å². The molecule has 1 atom stereocenters. The molecule has 2 heterocycles. The van der Waals surface area contributed by atoms with Crippen LogP contribution in [0.5, 0.6) is 0 Å². The lowest BCUT2D eigenvalue weighted by molar-refractivity contribution is -0.170. The van der Waals surface area contributed by atoms with Crippen molar-refractivity contribution >= 4 is 29.2 Å². The van der Waals surface area contributed by atoms with Crippen LogP contribution < -0.4 is 15.5 Å². The number of methoxy groups -OCH3 is 2. The van der Waals surface area contributed by atoms with Crippen LogP contribution in [0.1, 0.15) is 17.0 Å². The SMILES string of the molecule is COC(=O)C1=C(C(=O)OC)N(c2ccc3c(c2)CCN3C(=O)C(F)(F)F)C(N)=C(C#N)C1c1ccccc1. The largest absolute Gasteiger partial charge is 0.471 e. The van der Waals surface area contributed by atoms with Gasteiger partial charge in [-0.15, -0.1) is 0 Å². The second-order valence-corrected chi connectivity index (χ2v) is 8.35. The summed E-state index contributed by atoms with van der Waals surface area (Å²) in [4.78, 5) is 39.8. The van der Waals surface area contributed by atoms with E-state index in [4.69, 9.17) is 15.2 Å². The molecule has 0 fully saturated rings. The van der Waals surface area contributed by atoms with Crippen molar-refractivity contribution in [2.24, 2.45) is 5.73 Å². The van der Waals surface area contributed by atoms with Gasteiger partial charge in [-0.3, -0.25) is 9.69 Å². The number of hydrogen-bond donors (Lipinski definition) is 1. The molecule has 1 amide bonds. The molecule has 196 valence electrons. The molecule has 0 bridgehead atoms. The molecule has 2 N–H and O–H groups in total. The molecule has 0 saturated carbocycles. The predicted octanol–water partition coefficient (Wildman–Crippen LogP) is 3.04. The maximum Gasteiger partial charge on any atom is 0.471 e. The van der Waals surface area contributed by atoms with Crippen LogP contribution in [0, 0.1) is 11.3 Å². The van der Waals surface area contributed by atoms with Crippen LogP contribution in [0.2, 0.25) is 0 Å². The highest BCUT2D eigenvalue weighted by Crippen LogP contribution is 2.44. The molecular weight excluding hydrogens is 505 g/mol. The van der Waals surface area contributed by atoms with E-state index < -0.39 is 29.9 Å². The Balaban J connectivity index is 1.94. The van der Waals surface area contributed by atoms with Gasteiger partial charge in [0.1, 0.15) is 11.5 Å². The summed E-state index contributed by atoms with van der Waals surface area (Å²) in [6.07, 6.45) is -4.95. The Morgan fingerprint density at radius 3 is 2.29 bits per heavy atom. The van der Waals surface area contributed by atoms with Gasteiger partial charge in [0.05, 0.1) is 37.4 Å². The van der Waals surface area contributed by atoms with Crippen molar-refractivity contribution in [1.82, 2.24) is 0 Å². The zero-order chi connectivity index (χ0) is 27.8. The van der Waals surface area contributed by atoms with Crippen LogP contribution in [0.4, 0.5) is 24.5 Å². The van der Waals surface area contributed by atoms with Gasteiger partial charge >= 0.3 is 24.0 Å². The van der Waals surface area contributed by atoms with Crippen molar-refractivity contribution in [2.45, 2.75) is 18.5 Å². The predicted molar refractivity (Wildman–Crippen MR) is 128 cm³/mol. The van der Waals surface area contributed by atoms with Gasteiger partial charge in [-0.1, -0.05) is 30.3 Å². The van der Waals surface area contributed by atoms with Gasteiger partial charge in [0.2, 0.25) is 0 Å². The highest BCUT2D eigenvalue weighted by Gasteiger charge is 2.46. The van der Waals surface area contributed by atoms with E-state index in [9.17, 15) is 32.8 Å². The third kappa shape index (κ3) is 4.32. The average molecular weight is 526 g/mol. The molecule has 0 radical (unpaired) electrons. The summed E-state index contributed by atoms with van der Waals surface area (Å²) in [5.74, 6) is -5.11. The Kier molecular flexibility index (Phi) is 6.87. The number of nitrogens with two attached hydrogens (primary N) is 1. The van der Waals surface area contributed by atoms with Crippen molar-refractivity contribution in [3.8, 4) is 6.07 Å². The van der Waals surface area contributed by atoms with E-state index in [1.54, 1.807) is 30.3 Å². The summed E-state index contributed by atoms with van der Waals surface area (Å²) in [7, 11) is 2.22. The number of carbonyl (C=O) groups is 3. The number of alkyl halides is 3. The van der Waals surface area contributed by atoms with Crippen LogP contribution in [-0.4, -0.2) is 44.8 Å². The quantitative estimate of drug-likeness (QED) is 0.603.